The van der Waals surface area contributed by atoms with Gasteiger partial charge in [-0.05, 0) is 58.2 Å². The zero-order chi connectivity index (χ0) is 19.6. The fraction of sp³-hybridized carbons (Fsp3) is 0.944. The minimum absolute atomic E-state index is 0.379. The van der Waals surface area contributed by atoms with Crippen molar-refractivity contribution in [1.82, 2.24) is 19.8 Å². The molecule has 0 radical (unpaired) electrons. The second kappa shape index (κ2) is 11.8. The van der Waals surface area contributed by atoms with Gasteiger partial charge >= 0.3 is 0 Å². The number of sulfonamides is 1. The van der Waals surface area contributed by atoms with Crippen molar-refractivity contribution in [3.63, 3.8) is 0 Å². The van der Waals surface area contributed by atoms with E-state index in [1.807, 2.05) is 0 Å². The lowest BCUT2D eigenvalue weighted by molar-refractivity contribution is 0.274. The van der Waals surface area contributed by atoms with Crippen molar-refractivity contribution in [3.05, 3.63) is 0 Å². The standard InChI is InChI=1S/C18H39N5O2S/c1-6-22(7-2)12-8-9-16(3)21-18(19-4)20-15-17-10-13-23(14-11-17)26(5,24)25/h16-17H,6-15H2,1-5H3,(H2,19,20,21). The summed E-state index contributed by atoms with van der Waals surface area (Å²) in [6.45, 7) is 12.1. The van der Waals surface area contributed by atoms with E-state index in [-0.39, 0.29) is 0 Å². The van der Waals surface area contributed by atoms with E-state index >= 15 is 0 Å². The van der Waals surface area contributed by atoms with Gasteiger partial charge in [-0.3, -0.25) is 4.99 Å². The molecule has 7 nitrogen and oxygen atoms in total. The molecular formula is C18H39N5O2S. The molecule has 1 unspecified atom stereocenters. The number of hydrogen-bond acceptors (Lipinski definition) is 4. The van der Waals surface area contributed by atoms with Gasteiger partial charge in [0, 0.05) is 32.7 Å². The molecule has 0 amide bonds. The molecule has 1 heterocycles. The number of hydrogen-bond donors (Lipinski definition) is 2. The first kappa shape index (κ1) is 23.2. The average Bonchev–Trinajstić information content (AvgIpc) is 2.61. The van der Waals surface area contributed by atoms with Crippen LogP contribution in [0.15, 0.2) is 4.99 Å². The minimum atomic E-state index is -3.05. The monoisotopic (exact) mass is 389 g/mol. The molecular weight excluding hydrogens is 350 g/mol. The summed E-state index contributed by atoms with van der Waals surface area (Å²) in [5.41, 5.74) is 0. The van der Waals surface area contributed by atoms with E-state index in [0.29, 0.717) is 25.0 Å². The zero-order valence-electron chi connectivity index (χ0n) is 17.3. The molecule has 0 spiro atoms. The number of piperidine rings is 1. The molecule has 1 saturated heterocycles. The third-order valence-electron chi connectivity index (χ3n) is 5.21. The van der Waals surface area contributed by atoms with Gasteiger partial charge in [0.2, 0.25) is 10.0 Å². The summed E-state index contributed by atoms with van der Waals surface area (Å²) in [5.74, 6) is 1.33. The number of nitrogens with zero attached hydrogens (tertiary/aromatic N) is 3. The number of aliphatic imine (C=N–C) groups is 1. The maximum atomic E-state index is 11.6. The molecule has 0 aromatic heterocycles. The van der Waals surface area contributed by atoms with Crippen molar-refractivity contribution in [1.29, 1.82) is 0 Å². The molecule has 2 N–H and O–H groups in total. The molecule has 1 fully saturated rings. The van der Waals surface area contributed by atoms with Crippen molar-refractivity contribution < 1.29 is 8.42 Å². The lowest BCUT2D eigenvalue weighted by Crippen LogP contribution is -2.46. The van der Waals surface area contributed by atoms with Crippen molar-refractivity contribution in [2.24, 2.45) is 10.9 Å². The van der Waals surface area contributed by atoms with Gasteiger partial charge in [0.05, 0.1) is 6.26 Å². The Morgan fingerprint density at radius 3 is 2.38 bits per heavy atom. The number of guanidine groups is 1. The maximum absolute atomic E-state index is 11.6. The SMILES string of the molecule is CCN(CC)CCCC(C)NC(=NC)NCC1CCN(S(C)(=O)=O)CC1. The Bertz CT molecular complexity index is 512. The van der Waals surface area contributed by atoms with Crippen molar-refractivity contribution in [2.45, 2.75) is 52.5 Å². The van der Waals surface area contributed by atoms with Gasteiger partial charge in [-0.25, -0.2) is 12.7 Å². The summed E-state index contributed by atoms with van der Waals surface area (Å²) >= 11 is 0. The smallest absolute Gasteiger partial charge is 0.211 e. The summed E-state index contributed by atoms with van der Waals surface area (Å²) in [6.07, 6.45) is 5.38. The second-order valence-electron chi connectivity index (χ2n) is 7.27. The Labute approximate surface area is 160 Å². The summed E-state index contributed by atoms with van der Waals surface area (Å²) in [5, 5.41) is 6.87. The first-order valence-corrected chi connectivity index (χ1v) is 11.8. The highest BCUT2D eigenvalue weighted by Crippen LogP contribution is 2.18. The van der Waals surface area contributed by atoms with Gasteiger partial charge in [0.15, 0.2) is 5.96 Å². The Kier molecular flexibility index (Phi) is 10.5. The van der Waals surface area contributed by atoms with Crippen LogP contribution in [0.2, 0.25) is 0 Å². The number of nitrogens with one attached hydrogen (secondary N) is 2. The molecule has 0 saturated carbocycles. The first-order valence-electron chi connectivity index (χ1n) is 9.94. The van der Waals surface area contributed by atoms with Crippen molar-refractivity contribution in [2.75, 3.05) is 52.6 Å². The van der Waals surface area contributed by atoms with Crippen molar-refractivity contribution in [3.8, 4) is 0 Å². The van der Waals surface area contributed by atoms with Crippen LogP contribution in [0.25, 0.3) is 0 Å². The maximum Gasteiger partial charge on any atom is 0.211 e. The van der Waals surface area contributed by atoms with E-state index in [1.165, 1.54) is 12.7 Å². The lowest BCUT2D eigenvalue weighted by Gasteiger charge is -2.30. The van der Waals surface area contributed by atoms with Crippen LogP contribution in [0, 0.1) is 5.92 Å². The predicted molar refractivity (Wildman–Crippen MR) is 110 cm³/mol. The van der Waals surface area contributed by atoms with Crippen LogP contribution in [-0.2, 0) is 10.0 Å². The molecule has 1 aliphatic rings. The largest absolute Gasteiger partial charge is 0.356 e. The zero-order valence-corrected chi connectivity index (χ0v) is 18.1. The Morgan fingerprint density at radius 2 is 1.88 bits per heavy atom. The van der Waals surface area contributed by atoms with Crippen molar-refractivity contribution >= 4 is 16.0 Å². The molecule has 0 aromatic carbocycles. The molecule has 1 rings (SSSR count). The quantitative estimate of drug-likeness (QED) is 0.435. The van der Waals surface area contributed by atoms with Gasteiger partial charge in [0.25, 0.3) is 0 Å². The van der Waals surface area contributed by atoms with Gasteiger partial charge < -0.3 is 15.5 Å². The molecule has 8 heteroatoms. The topological polar surface area (TPSA) is 77.0 Å². The van der Waals surface area contributed by atoms with Crippen LogP contribution in [0.5, 0.6) is 0 Å². The Morgan fingerprint density at radius 1 is 1.27 bits per heavy atom. The normalized spacial score (nSPS) is 18.9. The highest BCUT2D eigenvalue weighted by atomic mass is 32.2. The predicted octanol–water partition coefficient (Wildman–Crippen LogP) is 1.33. The fourth-order valence-electron chi connectivity index (χ4n) is 3.35. The molecule has 1 aliphatic heterocycles. The second-order valence-corrected chi connectivity index (χ2v) is 9.26. The minimum Gasteiger partial charge on any atom is -0.356 e. The molecule has 0 aromatic rings. The Hall–Kier alpha value is -0.860. The molecule has 0 aliphatic carbocycles. The van der Waals surface area contributed by atoms with E-state index in [0.717, 1.165) is 51.4 Å². The van der Waals surface area contributed by atoms with Gasteiger partial charge in [0.1, 0.15) is 0 Å². The highest BCUT2D eigenvalue weighted by molar-refractivity contribution is 7.88. The van der Waals surface area contributed by atoms with Crippen LogP contribution < -0.4 is 10.6 Å². The number of rotatable bonds is 10. The highest BCUT2D eigenvalue weighted by Gasteiger charge is 2.24. The van der Waals surface area contributed by atoms with Gasteiger partial charge in [-0.2, -0.15) is 0 Å². The third kappa shape index (κ3) is 8.68. The van der Waals surface area contributed by atoms with Crippen LogP contribution in [0.3, 0.4) is 0 Å². The fourth-order valence-corrected chi connectivity index (χ4v) is 4.22. The first-order chi connectivity index (χ1) is 12.3. The van der Waals surface area contributed by atoms with E-state index < -0.39 is 10.0 Å². The van der Waals surface area contributed by atoms with Gasteiger partial charge in [-0.15, -0.1) is 0 Å². The molecule has 154 valence electrons. The van der Waals surface area contributed by atoms with E-state index in [4.69, 9.17) is 0 Å². The van der Waals surface area contributed by atoms with Crippen LogP contribution in [0.4, 0.5) is 0 Å². The van der Waals surface area contributed by atoms with E-state index in [1.54, 1.807) is 11.4 Å². The summed E-state index contributed by atoms with van der Waals surface area (Å²) in [6, 6.07) is 0.379. The van der Waals surface area contributed by atoms with E-state index in [2.05, 4.69) is 41.3 Å². The van der Waals surface area contributed by atoms with Crippen LogP contribution >= 0.6 is 0 Å². The van der Waals surface area contributed by atoms with Gasteiger partial charge in [-0.1, -0.05) is 13.8 Å². The molecule has 26 heavy (non-hydrogen) atoms. The lowest BCUT2D eigenvalue weighted by atomic mass is 9.98. The average molecular weight is 390 g/mol. The van der Waals surface area contributed by atoms with Crippen LogP contribution in [0.1, 0.15) is 46.5 Å². The van der Waals surface area contributed by atoms with E-state index in [9.17, 15) is 8.42 Å². The van der Waals surface area contributed by atoms with Crippen LogP contribution in [-0.4, -0.2) is 82.2 Å². The summed E-state index contributed by atoms with van der Waals surface area (Å²) in [7, 11) is -1.25. The summed E-state index contributed by atoms with van der Waals surface area (Å²) < 4.78 is 24.7. The molecule has 0 bridgehead atoms. The summed E-state index contributed by atoms with van der Waals surface area (Å²) in [4.78, 5) is 6.77. The molecule has 1 atom stereocenters. The Balaban J connectivity index is 2.26. The third-order valence-corrected chi connectivity index (χ3v) is 6.52.